The molecule has 0 radical (unpaired) electrons. The van der Waals surface area contributed by atoms with E-state index in [2.05, 4.69) is 20.4 Å². The van der Waals surface area contributed by atoms with Crippen molar-refractivity contribution in [3.05, 3.63) is 107 Å². The fourth-order valence-corrected chi connectivity index (χ4v) is 4.48. The highest BCUT2D eigenvalue weighted by Gasteiger charge is 2.43. The number of aromatic nitrogens is 5. The number of halogens is 3. The van der Waals surface area contributed by atoms with Crippen molar-refractivity contribution in [2.45, 2.75) is 32.5 Å². The molecular weight excluding hydrogens is 497 g/mol. The Labute approximate surface area is 215 Å². The van der Waals surface area contributed by atoms with Crippen LogP contribution >= 0.6 is 0 Å². The zero-order chi connectivity index (χ0) is 27.0. The first-order valence-corrected chi connectivity index (χ1v) is 11.9. The molecule has 38 heavy (non-hydrogen) atoms. The van der Waals surface area contributed by atoms with Crippen molar-refractivity contribution in [1.82, 2.24) is 24.3 Å². The average Bonchev–Trinajstić information content (AvgIpc) is 3.52. The van der Waals surface area contributed by atoms with Crippen LogP contribution in [0.15, 0.2) is 67.0 Å². The van der Waals surface area contributed by atoms with E-state index in [0.29, 0.717) is 12.2 Å². The van der Waals surface area contributed by atoms with E-state index in [1.54, 1.807) is 17.8 Å². The third-order valence-electron chi connectivity index (χ3n) is 6.32. The maximum atomic E-state index is 15.1. The van der Waals surface area contributed by atoms with Crippen LogP contribution in [-0.4, -0.2) is 35.3 Å². The summed E-state index contributed by atoms with van der Waals surface area (Å²) in [6, 6.07) is 12.1. The molecule has 2 aromatic carbocycles. The lowest BCUT2D eigenvalue weighted by Gasteiger charge is -2.30. The zero-order valence-electron chi connectivity index (χ0n) is 20.5. The van der Waals surface area contributed by atoms with Gasteiger partial charge in [-0.05, 0) is 32.0 Å². The van der Waals surface area contributed by atoms with Gasteiger partial charge in [0.05, 0.1) is 23.0 Å². The molecule has 11 heteroatoms. The Morgan fingerprint density at radius 2 is 1.61 bits per heavy atom. The molecule has 0 aliphatic heterocycles. The minimum absolute atomic E-state index is 0.138. The smallest absolute Gasteiger partial charge is 0.260 e. The Bertz CT molecular complexity index is 1620. The van der Waals surface area contributed by atoms with Gasteiger partial charge in [0.2, 0.25) is 5.95 Å². The number of hydrogen-bond acceptors (Lipinski definition) is 5. The molecule has 194 valence electrons. The number of carbonyl (C=O) groups is 1. The normalized spacial score (nSPS) is 11.7. The molecule has 1 amide bonds. The average molecular weight is 521 g/mol. The first-order valence-electron chi connectivity index (χ1n) is 11.9. The van der Waals surface area contributed by atoms with Crippen molar-refractivity contribution in [2.24, 2.45) is 0 Å². The number of benzene rings is 2. The molecule has 0 bridgehead atoms. The van der Waals surface area contributed by atoms with E-state index in [1.165, 1.54) is 53.2 Å². The third-order valence-corrected chi connectivity index (χ3v) is 6.32. The zero-order valence-corrected chi connectivity index (χ0v) is 20.5. The molecule has 0 aliphatic rings. The van der Waals surface area contributed by atoms with E-state index in [4.69, 9.17) is 0 Å². The monoisotopic (exact) mass is 520 g/mol. The van der Waals surface area contributed by atoms with Crippen LogP contribution in [0, 0.1) is 17.6 Å². The van der Waals surface area contributed by atoms with Crippen LogP contribution in [0.25, 0.3) is 11.2 Å². The van der Waals surface area contributed by atoms with Gasteiger partial charge in [-0.2, -0.15) is 14.5 Å². The number of aryl methyl sites for hydroxylation is 2. The number of aliphatic hydroxyl groups is 1. The van der Waals surface area contributed by atoms with Gasteiger partial charge in [-0.25, -0.2) is 13.8 Å². The van der Waals surface area contributed by atoms with Crippen molar-refractivity contribution in [3.63, 3.8) is 0 Å². The lowest BCUT2D eigenvalue weighted by Crippen LogP contribution is -2.34. The van der Waals surface area contributed by atoms with Crippen molar-refractivity contribution >= 4 is 22.8 Å². The maximum Gasteiger partial charge on any atom is 0.260 e. The van der Waals surface area contributed by atoms with Gasteiger partial charge in [0, 0.05) is 30.4 Å². The summed E-state index contributed by atoms with van der Waals surface area (Å²) in [7, 11) is 0. The van der Waals surface area contributed by atoms with Crippen LogP contribution in [0.4, 0.5) is 18.9 Å². The van der Waals surface area contributed by atoms with Gasteiger partial charge in [0.15, 0.2) is 17.1 Å². The fraction of sp³-hybridized carbons (Fsp3) is 0.185. The summed E-state index contributed by atoms with van der Waals surface area (Å²) >= 11 is 0. The van der Waals surface area contributed by atoms with Gasteiger partial charge in [0.25, 0.3) is 5.91 Å². The standard InChI is InChI=1S/C27H23F3N6O2/c1-3-35-15-16(14-31-35)32-25(37)17-13-22-24(33-23(17)30)34-26(36(22)4-2)27(38,18-9-5-7-11-20(18)28)19-10-6-8-12-21(19)29/h5-15,38H,3-4H2,1-2H3,(H,32,37). The number of nitrogens with zero attached hydrogens (tertiary/aromatic N) is 5. The molecule has 0 atom stereocenters. The number of hydrogen-bond donors (Lipinski definition) is 2. The molecule has 8 nitrogen and oxygen atoms in total. The molecule has 0 saturated carbocycles. The molecule has 0 fully saturated rings. The largest absolute Gasteiger partial charge is 0.373 e. The lowest BCUT2D eigenvalue weighted by atomic mass is 9.84. The second kappa shape index (κ2) is 9.75. The highest BCUT2D eigenvalue weighted by molar-refractivity contribution is 6.05. The second-order valence-corrected chi connectivity index (χ2v) is 8.56. The van der Waals surface area contributed by atoms with E-state index in [1.807, 2.05) is 6.92 Å². The fourth-order valence-electron chi connectivity index (χ4n) is 4.48. The van der Waals surface area contributed by atoms with Gasteiger partial charge in [-0.3, -0.25) is 9.48 Å². The van der Waals surface area contributed by atoms with Gasteiger partial charge in [-0.15, -0.1) is 0 Å². The summed E-state index contributed by atoms with van der Waals surface area (Å²) in [6.45, 7) is 4.34. The molecular formula is C27H23F3N6O2. The van der Waals surface area contributed by atoms with Crippen LogP contribution in [0.3, 0.4) is 0 Å². The molecule has 0 saturated heterocycles. The van der Waals surface area contributed by atoms with Crippen molar-refractivity contribution in [2.75, 3.05) is 5.32 Å². The number of carbonyl (C=O) groups excluding carboxylic acids is 1. The van der Waals surface area contributed by atoms with Crippen molar-refractivity contribution in [3.8, 4) is 0 Å². The molecule has 3 heterocycles. The first kappa shape index (κ1) is 25.2. The predicted octanol–water partition coefficient (Wildman–Crippen LogP) is 4.62. The van der Waals surface area contributed by atoms with Crippen LogP contribution < -0.4 is 5.32 Å². The molecule has 3 aromatic heterocycles. The van der Waals surface area contributed by atoms with E-state index in [-0.39, 0.29) is 40.2 Å². The van der Waals surface area contributed by atoms with Gasteiger partial charge in [0.1, 0.15) is 11.6 Å². The van der Waals surface area contributed by atoms with E-state index in [0.717, 1.165) is 12.1 Å². The lowest BCUT2D eigenvalue weighted by molar-refractivity contribution is 0.102. The maximum absolute atomic E-state index is 15.1. The number of amides is 1. The van der Waals surface area contributed by atoms with Gasteiger partial charge in [-0.1, -0.05) is 36.4 Å². The number of fused-ring (bicyclic) bond motifs is 1. The van der Waals surface area contributed by atoms with Crippen molar-refractivity contribution in [1.29, 1.82) is 0 Å². The predicted molar refractivity (Wildman–Crippen MR) is 134 cm³/mol. The molecule has 0 unspecified atom stereocenters. The van der Waals surface area contributed by atoms with E-state index >= 15 is 13.2 Å². The van der Waals surface area contributed by atoms with Crippen molar-refractivity contribution < 1.29 is 23.1 Å². The minimum Gasteiger partial charge on any atom is -0.373 e. The Hall–Kier alpha value is -4.51. The Morgan fingerprint density at radius 3 is 2.16 bits per heavy atom. The number of nitrogens with one attached hydrogen (secondary N) is 1. The summed E-state index contributed by atoms with van der Waals surface area (Å²) in [5.74, 6) is -3.62. The number of rotatable bonds is 7. The SMILES string of the molecule is CCn1cc(NC(=O)c2cc3c(nc2F)nc(C(O)(c2ccccc2F)c2ccccc2F)n3CC)cn1. The number of anilines is 1. The topological polar surface area (TPSA) is 97.9 Å². The minimum atomic E-state index is -2.40. The molecule has 0 aliphatic carbocycles. The molecule has 2 N–H and O–H groups in total. The van der Waals surface area contributed by atoms with E-state index < -0.39 is 29.1 Å². The van der Waals surface area contributed by atoms with Gasteiger partial charge < -0.3 is 15.0 Å². The number of pyridine rings is 1. The molecule has 5 aromatic rings. The Morgan fingerprint density at radius 1 is 0.974 bits per heavy atom. The summed E-state index contributed by atoms with van der Waals surface area (Å²) < 4.78 is 48.3. The molecule has 0 spiro atoms. The van der Waals surface area contributed by atoms with Gasteiger partial charge >= 0.3 is 0 Å². The number of imidazole rings is 1. The van der Waals surface area contributed by atoms with Crippen LogP contribution in [-0.2, 0) is 18.7 Å². The summed E-state index contributed by atoms with van der Waals surface area (Å²) in [5.41, 5.74) is -2.84. The quantitative estimate of drug-likeness (QED) is 0.305. The summed E-state index contributed by atoms with van der Waals surface area (Å²) in [6.07, 6.45) is 3.03. The highest BCUT2D eigenvalue weighted by atomic mass is 19.1. The van der Waals surface area contributed by atoms with Crippen LogP contribution in [0.2, 0.25) is 0 Å². The van der Waals surface area contributed by atoms with Crippen LogP contribution in [0.5, 0.6) is 0 Å². The summed E-state index contributed by atoms with van der Waals surface area (Å²) in [5, 5.41) is 18.7. The van der Waals surface area contributed by atoms with Crippen LogP contribution in [0.1, 0.15) is 41.2 Å². The van der Waals surface area contributed by atoms with E-state index in [9.17, 15) is 9.90 Å². The Balaban J connectivity index is 1.70. The third kappa shape index (κ3) is 4.10. The Kier molecular flexibility index (Phi) is 6.45. The molecule has 5 rings (SSSR count). The highest BCUT2D eigenvalue weighted by Crippen LogP contribution is 2.40. The summed E-state index contributed by atoms with van der Waals surface area (Å²) in [4.78, 5) is 21.1. The first-order chi connectivity index (χ1) is 18.3. The second-order valence-electron chi connectivity index (χ2n) is 8.56.